The lowest BCUT2D eigenvalue weighted by molar-refractivity contribution is -0.126. The number of carbonyl (C=O) groups is 2. The molecule has 0 aromatic heterocycles. The summed E-state index contributed by atoms with van der Waals surface area (Å²) >= 11 is 0. The van der Waals surface area contributed by atoms with Crippen LogP contribution in [0.4, 0.5) is 5.69 Å². The Morgan fingerprint density at radius 3 is 2.37 bits per heavy atom. The Morgan fingerprint density at radius 1 is 1.26 bits per heavy atom. The Bertz CT molecular complexity index is 462. The molecule has 6 N–H and O–H groups in total. The number of nitrogens with two attached hydrogens (primary N) is 3. The van der Waals surface area contributed by atoms with Gasteiger partial charge in [-0.25, -0.2) is 0 Å². The van der Waals surface area contributed by atoms with Crippen molar-refractivity contribution in [1.29, 1.82) is 0 Å². The predicted molar refractivity (Wildman–Crippen MR) is 73.7 cm³/mol. The van der Waals surface area contributed by atoms with Gasteiger partial charge in [-0.05, 0) is 18.1 Å². The number of para-hydroxylation sites is 1. The summed E-state index contributed by atoms with van der Waals surface area (Å²) < 4.78 is 0. The Balaban J connectivity index is 2.94. The fourth-order valence-electron chi connectivity index (χ4n) is 2.01. The summed E-state index contributed by atoms with van der Waals surface area (Å²) in [5.74, 6) is -0.979. The topological polar surface area (TPSA) is 115 Å². The molecule has 0 saturated heterocycles. The molecule has 1 rings (SSSR count). The Morgan fingerprint density at radius 2 is 1.89 bits per heavy atom. The zero-order valence-electron chi connectivity index (χ0n) is 11.0. The zero-order valence-corrected chi connectivity index (χ0v) is 11.0. The molecule has 104 valence electrons. The molecule has 0 radical (unpaired) electrons. The zero-order chi connectivity index (χ0) is 14.4. The number of primary amides is 2. The molecule has 0 heterocycles. The number of carbonyl (C=O) groups excluding carboxylic acids is 2. The van der Waals surface area contributed by atoms with Gasteiger partial charge in [0.1, 0.15) is 0 Å². The highest BCUT2D eigenvalue weighted by Gasteiger charge is 2.24. The van der Waals surface area contributed by atoms with Crippen LogP contribution < -0.4 is 17.2 Å². The molecule has 0 aliphatic rings. The van der Waals surface area contributed by atoms with Gasteiger partial charge in [0.05, 0.1) is 12.6 Å². The molecule has 0 aliphatic carbocycles. The lowest BCUT2D eigenvalue weighted by Gasteiger charge is -2.28. The van der Waals surface area contributed by atoms with E-state index in [1.807, 2.05) is 25.1 Å². The van der Waals surface area contributed by atoms with Gasteiger partial charge in [-0.15, -0.1) is 0 Å². The van der Waals surface area contributed by atoms with E-state index in [0.29, 0.717) is 18.7 Å². The van der Waals surface area contributed by atoms with Crippen LogP contribution in [0.3, 0.4) is 0 Å². The van der Waals surface area contributed by atoms with E-state index in [1.54, 1.807) is 11.0 Å². The van der Waals surface area contributed by atoms with E-state index in [9.17, 15) is 9.59 Å². The highest BCUT2D eigenvalue weighted by atomic mass is 16.2. The lowest BCUT2D eigenvalue weighted by Crippen LogP contribution is -2.47. The maximum Gasteiger partial charge on any atom is 0.234 e. The van der Waals surface area contributed by atoms with Gasteiger partial charge in [0.15, 0.2) is 0 Å². The van der Waals surface area contributed by atoms with Gasteiger partial charge in [-0.2, -0.15) is 0 Å². The number of benzene rings is 1. The van der Waals surface area contributed by atoms with Crippen LogP contribution in [-0.4, -0.2) is 29.3 Å². The third kappa shape index (κ3) is 4.26. The van der Waals surface area contributed by atoms with Crippen LogP contribution >= 0.6 is 0 Å². The molecule has 2 amide bonds. The summed E-state index contributed by atoms with van der Waals surface area (Å²) in [6.45, 7) is 2.16. The summed E-state index contributed by atoms with van der Waals surface area (Å²) in [5.41, 5.74) is 17.9. The molecule has 0 spiro atoms. The number of hydrogen-bond donors (Lipinski definition) is 3. The van der Waals surface area contributed by atoms with Gasteiger partial charge in [-0.1, -0.05) is 25.1 Å². The van der Waals surface area contributed by atoms with Gasteiger partial charge in [0, 0.05) is 12.2 Å². The van der Waals surface area contributed by atoms with Crippen molar-refractivity contribution in [2.45, 2.75) is 25.9 Å². The molecular weight excluding hydrogens is 244 g/mol. The molecule has 1 atom stereocenters. The van der Waals surface area contributed by atoms with Crippen LogP contribution in [0.1, 0.15) is 18.9 Å². The second-order valence-corrected chi connectivity index (χ2v) is 4.40. The van der Waals surface area contributed by atoms with E-state index < -0.39 is 17.9 Å². The minimum Gasteiger partial charge on any atom is -0.398 e. The minimum atomic E-state index is -0.535. The predicted octanol–water partition coefficient (Wildman–Crippen LogP) is -0.180. The van der Waals surface area contributed by atoms with Gasteiger partial charge < -0.3 is 17.2 Å². The van der Waals surface area contributed by atoms with Gasteiger partial charge in [-0.3, -0.25) is 14.5 Å². The first-order valence-corrected chi connectivity index (χ1v) is 6.10. The summed E-state index contributed by atoms with van der Waals surface area (Å²) in [6, 6.07) is 6.74. The Labute approximate surface area is 112 Å². The summed E-state index contributed by atoms with van der Waals surface area (Å²) in [7, 11) is 0. The number of nitrogens with zero attached hydrogens (tertiary/aromatic N) is 1. The molecule has 1 aromatic rings. The molecule has 0 aliphatic heterocycles. The average molecular weight is 264 g/mol. The number of nitrogen functional groups attached to an aromatic ring is 1. The number of anilines is 1. The second kappa shape index (κ2) is 6.75. The fourth-order valence-corrected chi connectivity index (χ4v) is 2.01. The first-order valence-electron chi connectivity index (χ1n) is 6.10. The SMILES string of the molecule is CCC(C(N)=O)N(CC(N)=O)Cc1ccccc1N. The van der Waals surface area contributed by atoms with Crippen molar-refractivity contribution in [3.8, 4) is 0 Å². The van der Waals surface area contributed by atoms with Gasteiger partial charge in [0.25, 0.3) is 0 Å². The first-order chi connectivity index (χ1) is 8.95. The molecule has 6 heteroatoms. The van der Waals surface area contributed by atoms with Crippen molar-refractivity contribution in [1.82, 2.24) is 4.90 Å². The van der Waals surface area contributed by atoms with Crippen LogP contribution in [0.15, 0.2) is 24.3 Å². The molecule has 1 unspecified atom stereocenters. The Kier molecular flexibility index (Phi) is 5.32. The molecule has 6 nitrogen and oxygen atoms in total. The second-order valence-electron chi connectivity index (χ2n) is 4.40. The van der Waals surface area contributed by atoms with Crippen LogP contribution in [0.5, 0.6) is 0 Å². The van der Waals surface area contributed by atoms with E-state index >= 15 is 0 Å². The molecule has 19 heavy (non-hydrogen) atoms. The molecular formula is C13H20N4O2. The number of amides is 2. The molecule has 1 aromatic carbocycles. The highest BCUT2D eigenvalue weighted by Crippen LogP contribution is 2.16. The third-order valence-corrected chi connectivity index (χ3v) is 2.94. The molecule has 0 fully saturated rings. The van der Waals surface area contributed by atoms with E-state index in [0.717, 1.165) is 5.56 Å². The van der Waals surface area contributed by atoms with Crippen molar-refractivity contribution in [2.75, 3.05) is 12.3 Å². The van der Waals surface area contributed by atoms with Crippen molar-refractivity contribution >= 4 is 17.5 Å². The number of hydrogen-bond acceptors (Lipinski definition) is 4. The average Bonchev–Trinajstić information content (AvgIpc) is 2.31. The van der Waals surface area contributed by atoms with Crippen molar-refractivity contribution in [2.24, 2.45) is 11.5 Å². The quantitative estimate of drug-likeness (QED) is 0.592. The smallest absolute Gasteiger partial charge is 0.234 e. The van der Waals surface area contributed by atoms with E-state index in [1.165, 1.54) is 0 Å². The normalized spacial score (nSPS) is 12.3. The lowest BCUT2D eigenvalue weighted by atomic mass is 10.1. The largest absolute Gasteiger partial charge is 0.398 e. The summed E-state index contributed by atoms with van der Waals surface area (Å²) in [6.07, 6.45) is 0.509. The summed E-state index contributed by atoms with van der Waals surface area (Å²) in [5, 5.41) is 0. The van der Waals surface area contributed by atoms with Gasteiger partial charge >= 0.3 is 0 Å². The van der Waals surface area contributed by atoms with E-state index in [2.05, 4.69) is 0 Å². The maximum atomic E-state index is 11.4. The number of rotatable bonds is 7. The Hall–Kier alpha value is -2.08. The molecule has 0 saturated carbocycles. The molecule has 0 bridgehead atoms. The van der Waals surface area contributed by atoms with E-state index in [-0.39, 0.29) is 6.54 Å². The highest BCUT2D eigenvalue weighted by molar-refractivity contribution is 5.81. The minimum absolute atomic E-state index is 0.0320. The van der Waals surface area contributed by atoms with Crippen LogP contribution in [0.2, 0.25) is 0 Å². The van der Waals surface area contributed by atoms with Crippen LogP contribution in [0.25, 0.3) is 0 Å². The van der Waals surface area contributed by atoms with Gasteiger partial charge in [0.2, 0.25) is 11.8 Å². The standard InChI is InChI=1S/C13H20N4O2/c1-2-11(13(16)19)17(8-12(15)18)7-9-5-3-4-6-10(9)14/h3-6,11H,2,7-8,14H2,1H3,(H2,15,18)(H2,16,19). The third-order valence-electron chi connectivity index (χ3n) is 2.94. The van der Waals surface area contributed by atoms with Crippen molar-refractivity contribution in [3.63, 3.8) is 0 Å². The first kappa shape index (κ1) is 15.0. The summed E-state index contributed by atoms with van der Waals surface area (Å²) in [4.78, 5) is 24.2. The van der Waals surface area contributed by atoms with E-state index in [4.69, 9.17) is 17.2 Å². The monoisotopic (exact) mass is 264 g/mol. The van der Waals surface area contributed by atoms with Crippen LogP contribution in [0, 0.1) is 0 Å². The maximum absolute atomic E-state index is 11.4. The van der Waals surface area contributed by atoms with Crippen LogP contribution in [-0.2, 0) is 16.1 Å². The van der Waals surface area contributed by atoms with Crippen molar-refractivity contribution in [3.05, 3.63) is 29.8 Å². The van der Waals surface area contributed by atoms with Crippen molar-refractivity contribution < 1.29 is 9.59 Å². The fraction of sp³-hybridized carbons (Fsp3) is 0.385.